The van der Waals surface area contributed by atoms with Crippen LogP contribution in [-0.4, -0.2) is 64.7 Å². The monoisotopic (exact) mass is 525 g/mol. The van der Waals surface area contributed by atoms with E-state index in [0.29, 0.717) is 28.6 Å². The molecule has 0 saturated heterocycles. The summed E-state index contributed by atoms with van der Waals surface area (Å²) in [7, 11) is 0.317. The Balaban J connectivity index is 1.86. The van der Waals surface area contributed by atoms with Crippen molar-refractivity contribution in [3.8, 4) is 28.6 Å². The van der Waals surface area contributed by atoms with Crippen LogP contribution in [0.3, 0.4) is 0 Å². The van der Waals surface area contributed by atoms with Gasteiger partial charge in [-0.15, -0.1) is 10.2 Å². The quantitative estimate of drug-likeness (QED) is 0.328. The minimum atomic E-state index is -4.10. The maximum Gasteiger partial charge on any atom is 0.243 e. The lowest BCUT2D eigenvalue weighted by molar-refractivity contribution is 0.0950. The number of benzene rings is 1. The molecule has 0 bridgehead atoms. The van der Waals surface area contributed by atoms with Crippen LogP contribution in [0.15, 0.2) is 55.1 Å². The highest BCUT2D eigenvalue weighted by Gasteiger charge is 2.35. The zero-order chi connectivity index (χ0) is 26.6. The molecule has 0 spiro atoms. The van der Waals surface area contributed by atoms with E-state index in [4.69, 9.17) is 14.2 Å². The number of anilines is 1. The van der Waals surface area contributed by atoms with Crippen LogP contribution in [0.4, 0.5) is 5.95 Å². The summed E-state index contributed by atoms with van der Waals surface area (Å²) in [5.74, 6) is 1.33. The van der Waals surface area contributed by atoms with Crippen molar-refractivity contribution in [2.45, 2.75) is 25.2 Å². The molecule has 2 atom stereocenters. The number of aromatic nitrogens is 6. The number of aryl methyl sites for hydroxylation is 1. The molecule has 0 aliphatic rings. The Morgan fingerprint density at radius 3 is 2.24 bits per heavy atom. The van der Waals surface area contributed by atoms with Gasteiger partial charge in [0, 0.05) is 37.5 Å². The molecule has 1 N–H and O–H groups in total. The number of nitrogens with zero attached hydrogens (tertiary/aromatic N) is 6. The molecule has 13 heteroatoms. The highest BCUT2D eigenvalue weighted by molar-refractivity contribution is 7.93. The largest absolute Gasteiger partial charge is 0.494 e. The van der Waals surface area contributed by atoms with Gasteiger partial charge < -0.3 is 14.2 Å². The number of pyridine rings is 1. The normalized spacial score (nSPS) is 13.1. The molecule has 4 rings (SSSR count). The summed E-state index contributed by atoms with van der Waals surface area (Å²) in [4.78, 5) is 12.6. The van der Waals surface area contributed by atoms with Crippen molar-refractivity contribution >= 4 is 16.0 Å². The number of methoxy groups -OCH3 is 3. The van der Waals surface area contributed by atoms with Gasteiger partial charge in [-0.25, -0.2) is 18.4 Å². The zero-order valence-corrected chi connectivity index (χ0v) is 21.8. The molecule has 4 aromatic rings. The molecule has 37 heavy (non-hydrogen) atoms. The van der Waals surface area contributed by atoms with Crippen LogP contribution in [0.1, 0.15) is 24.4 Å². The summed E-state index contributed by atoms with van der Waals surface area (Å²) >= 11 is 0. The molecular formula is C24H27N7O5S. The second kappa shape index (κ2) is 10.9. The highest BCUT2D eigenvalue weighted by Crippen LogP contribution is 2.38. The van der Waals surface area contributed by atoms with Crippen LogP contribution >= 0.6 is 0 Å². The van der Waals surface area contributed by atoms with Crippen LogP contribution in [0.25, 0.3) is 17.1 Å². The van der Waals surface area contributed by atoms with Gasteiger partial charge in [0.2, 0.25) is 16.0 Å². The predicted molar refractivity (Wildman–Crippen MR) is 136 cm³/mol. The van der Waals surface area contributed by atoms with Gasteiger partial charge in [0.05, 0.1) is 14.2 Å². The minimum Gasteiger partial charge on any atom is -0.494 e. The highest BCUT2D eigenvalue weighted by atomic mass is 32.2. The zero-order valence-electron chi connectivity index (χ0n) is 21.0. The first-order valence-corrected chi connectivity index (χ1v) is 12.8. The van der Waals surface area contributed by atoms with Crippen molar-refractivity contribution in [2.75, 3.05) is 26.1 Å². The van der Waals surface area contributed by atoms with Crippen LogP contribution < -0.4 is 14.2 Å². The third kappa shape index (κ3) is 5.22. The van der Waals surface area contributed by atoms with Crippen LogP contribution in [-0.2, 0) is 14.8 Å². The maximum atomic E-state index is 13.6. The number of ether oxygens (including phenoxy) is 3. The fourth-order valence-corrected chi connectivity index (χ4v) is 4.96. The Labute approximate surface area is 214 Å². The summed E-state index contributed by atoms with van der Waals surface area (Å²) < 4.78 is 47.9. The molecule has 0 aliphatic carbocycles. The second-order valence-electron chi connectivity index (χ2n) is 8.06. The second-order valence-corrected chi connectivity index (χ2v) is 10.1. The molecule has 3 heterocycles. The molecule has 0 saturated carbocycles. The number of rotatable bonds is 10. The molecule has 3 aromatic heterocycles. The Bertz CT molecular complexity index is 1460. The summed E-state index contributed by atoms with van der Waals surface area (Å²) in [6, 6.07) is 8.71. The van der Waals surface area contributed by atoms with Crippen molar-refractivity contribution in [1.82, 2.24) is 29.7 Å². The van der Waals surface area contributed by atoms with Crippen molar-refractivity contribution in [2.24, 2.45) is 0 Å². The summed E-state index contributed by atoms with van der Waals surface area (Å²) in [6.45, 7) is 3.39. The van der Waals surface area contributed by atoms with E-state index in [1.54, 1.807) is 36.7 Å². The Morgan fingerprint density at radius 1 is 0.973 bits per heavy atom. The fourth-order valence-electron chi connectivity index (χ4n) is 3.83. The van der Waals surface area contributed by atoms with Crippen molar-refractivity contribution < 1.29 is 22.6 Å². The van der Waals surface area contributed by atoms with E-state index in [2.05, 4.69) is 29.9 Å². The number of para-hydroxylation sites is 1. The Morgan fingerprint density at radius 2 is 1.65 bits per heavy atom. The Hall–Kier alpha value is -4.10. The van der Waals surface area contributed by atoms with Gasteiger partial charge in [0.1, 0.15) is 28.5 Å². The van der Waals surface area contributed by atoms with E-state index in [1.807, 2.05) is 13.0 Å². The summed E-state index contributed by atoms with van der Waals surface area (Å²) in [5, 5.41) is 7.40. The average molecular weight is 526 g/mol. The van der Waals surface area contributed by atoms with Gasteiger partial charge in [-0.1, -0.05) is 6.07 Å². The number of hydrogen-bond acceptors (Lipinski definition) is 10. The first-order chi connectivity index (χ1) is 17.8. The fraction of sp³-hybridized carbons (Fsp3) is 0.292. The van der Waals surface area contributed by atoms with E-state index in [-0.39, 0.29) is 11.8 Å². The van der Waals surface area contributed by atoms with Gasteiger partial charge >= 0.3 is 0 Å². The topological polar surface area (TPSA) is 143 Å². The van der Waals surface area contributed by atoms with E-state index in [0.717, 1.165) is 5.56 Å². The molecule has 194 valence electrons. The van der Waals surface area contributed by atoms with Crippen LogP contribution in [0.2, 0.25) is 0 Å². The van der Waals surface area contributed by atoms with E-state index >= 15 is 0 Å². The number of nitrogens with one attached hydrogen (secondary N) is 1. The van der Waals surface area contributed by atoms with Crippen LogP contribution in [0, 0.1) is 6.92 Å². The van der Waals surface area contributed by atoms with Gasteiger partial charge in [-0.2, -0.15) is 0 Å². The molecule has 12 nitrogen and oxygen atoms in total. The van der Waals surface area contributed by atoms with Crippen LogP contribution in [0.5, 0.6) is 11.5 Å². The molecular weight excluding hydrogens is 498 g/mol. The van der Waals surface area contributed by atoms with Crippen molar-refractivity contribution in [3.63, 3.8) is 0 Å². The lowest BCUT2D eigenvalue weighted by Crippen LogP contribution is -2.33. The maximum absolute atomic E-state index is 13.6. The lowest BCUT2D eigenvalue weighted by atomic mass is 10.2. The number of hydrogen-bond donors (Lipinski definition) is 1. The molecule has 1 aromatic carbocycles. The average Bonchev–Trinajstić information content (AvgIpc) is 3.31. The molecule has 0 unspecified atom stereocenters. The third-order valence-electron chi connectivity index (χ3n) is 5.67. The smallest absolute Gasteiger partial charge is 0.243 e. The summed E-state index contributed by atoms with van der Waals surface area (Å²) in [5.41, 5.74) is 1.92. The van der Waals surface area contributed by atoms with Gasteiger partial charge in [-0.05, 0) is 43.7 Å². The SMILES string of the molecule is COc1cccc(OC)c1-n1c(NS(=O)(=O)[C@H](C)[C@@H](OC)c2ncccn2)nnc1-c1cncc(C)c1. The van der Waals surface area contributed by atoms with Crippen molar-refractivity contribution in [3.05, 3.63) is 66.5 Å². The predicted octanol–water partition coefficient (Wildman–Crippen LogP) is 2.96. The molecule has 0 amide bonds. The lowest BCUT2D eigenvalue weighted by Gasteiger charge is -2.22. The number of sulfonamides is 1. The van der Waals surface area contributed by atoms with Gasteiger partial charge in [-0.3, -0.25) is 14.3 Å². The van der Waals surface area contributed by atoms with Crippen molar-refractivity contribution in [1.29, 1.82) is 0 Å². The summed E-state index contributed by atoms with van der Waals surface area (Å²) in [6.07, 6.45) is 5.43. The standard InChI is InChI=1S/C24H27N7O5S/c1-15-12-17(14-25-13-15)23-28-29-24(31(23)20-18(34-3)8-6-9-19(20)35-4)30-37(32,33)16(2)21(36-5)22-26-10-7-11-27-22/h6-14,16,21H,1-5H3,(H,29,30)/t16-,21-/m1/s1. The minimum absolute atomic E-state index is 0.0741. The van der Waals surface area contributed by atoms with E-state index in [9.17, 15) is 8.42 Å². The van der Waals surface area contributed by atoms with E-state index < -0.39 is 21.4 Å². The molecule has 0 aliphatic heterocycles. The first kappa shape index (κ1) is 26.0. The molecule has 0 radical (unpaired) electrons. The van der Waals surface area contributed by atoms with E-state index in [1.165, 1.54) is 45.2 Å². The third-order valence-corrected chi connectivity index (χ3v) is 7.36. The Kier molecular flexibility index (Phi) is 7.64. The molecule has 0 fully saturated rings. The van der Waals surface area contributed by atoms with Gasteiger partial charge in [0.25, 0.3) is 0 Å². The van der Waals surface area contributed by atoms with Gasteiger partial charge in [0.15, 0.2) is 11.6 Å². The first-order valence-electron chi connectivity index (χ1n) is 11.2.